The normalized spacial score (nSPS) is 16.2. The molecule has 2 aromatic rings. The van der Waals surface area contributed by atoms with Gasteiger partial charge in [0.05, 0.1) is 14.2 Å². The minimum Gasteiger partial charge on any atom is -0.493 e. The number of nitrogens with zero attached hydrogens (tertiary/aromatic N) is 2. The Kier molecular flexibility index (Phi) is 5.78. The number of hydrogen-bond acceptors (Lipinski definition) is 5. The Hall–Kier alpha value is -2.96. The van der Waals surface area contributed by atoms with E-state index >= 15 is 0 Å². The molecule has 0 bridgehead atoms. The first-order valence-electron chi connectivity index (χ1n) is 8.61. The SMILES string of the molecule is COc1ccc(CNC(=O)N[C@H]2CCN(c3ccccn3)C2)cc1OC. The number of methoxy groups -OCH3 is 2. The molecular formula is C19H24N4O3. The van der Waals surface area contributed by atoms with Gasteiger partial charge in [-0.05, 0) is 36.2 Å². The van der Waals surface area contributed by atoms with Crippen LogP contribution in [0.2, 0.25) is 0 Å². The number of ether oxygens (including phenoxy) is 2. The number of carbonyl (C=O) groups excluding carboxylic acids is 1. The van der Waals surface area contributed by atoms with E-state index in [0.717, 1.165) is 30.9 Å². The van der Waals surface area contributed by atoms with Crippen LogP contribution in [0, 0.1) is 0 Å². The average molecular weight is 356 g/mol. The Balaban J connectivity index is 1.48. The van der Waals surface area contributed by atoms with Gasteiger partial charge in [0.25, 0.3) is 0 Å². The Morgan fingerprint density at radius 3 is 2.81 bits per heavy atom. The summed E-state index contributed by atoms with van der Waals surface area (Å²) in [5.74, 6) is 2.26. The van der Waals surface area contributed by atoms with E-state index in [1.165, 1.54) is 0 Å². The van der Waals surface area contributed by atoms with Crippen molar-refractivity contribution >= 4 is 11.8 Å². The number of hydrogen-bond donors (Lipinski definition) is 2. The van der Waals surface area contributed by atoms with Crippen LogP contribution in [-0.4, -0.2) is 44.4 Å². The second kappa shape index (κ2) is 8.42. The number of nitrogens with one attached hydrogen (secondary N) is 2. The molecule has 2 N–H and O–H groups in total. The standard InChI is InChI=1S/C19H24N4O3/c1-25-16-7-6-14(11-17(16)26-2)12-21-19(24)22-15-8-10-23(13-15)18-5-3-4-9-20-18/h3-7,9,11,15H,8,10,12-13H2,1-2H3,(H2,21,22,24)/t15-/m0/s1. The summed E-state index contributed by atoms with van der Waals surface area (Å²) in [5.41, 5.74) is 0.944. The summed E-state index contributed by atoms with van der Waals surface area (Å²) in [7, 11) is 3.19. The summed E-state index contributed by atoms with van der Waals surface area (Å²) in [6, 6.07) is 11.4. The van der Waals surface area contributed by atoms with Gasteiger partial charge in [0, 0.05) is 31.9 Å². The first-order chi connectivity index (χ1) is 12.7. The first kappa shape index (κ1) is 17.8. The molecule has 1 aliphatic rings. The highest BCUT2D eigenvalue weighted by molar-refractivity contribution is 5.74. The van der Waals surface area contributed by atoms with Gasteiger partial charge in [-0.15, -0.1) is 0 Å². The van der Waals surface area contributed by atoms with Crippen molar-refractivity contribution in [1.29, 1.82) is 0 Å². The van der Waals surface area contributed by atoms with Crippen molar-refractivity contribution in [2.75, 3.05) is 32.2 Å². The van der Waals surface area contributed by atoms with E-state index in [0.29, 0.717) is 18.0 Å². The minimum atomic E-state index is -0.173. The van der Waals surface area contributed by atoms with Crippen LogP contribution in [0.4, 0.5) is 10.6 Å². The number of rotatable bonds is 6. The molecule has 1 aromatic heterocycles. The topological polar surface area (TPSA) is 75.7 Å². The maximum Gasteiger partial charge on any atom is 0.315 e. The second-order valence-electron chi connectivity index (χ2n) is 6.14. The van der Waals surface area contributed by atoms with E-state index < -0.39 is 0 Å². The van der Waals surface area contributed by atoms with Crippen LogP contribution in [0.25, 0.3) is 0 Å². The van der Waals surface area contributed by atoms with Crippen LogP contribution in [0.15, 0.2) is 42.6 Å². The maximum atomic E-state index is 12.2. The molecule has 0 saturated carbocycles. The van der Waals surface area contributed by atoms with Crippen molar-refractivity contribution in [3.63, 3.8) is 0 Å². The van der Waals surface area contributed by atoms with Crippen LogP contribution in [0.5, 0.6) is 11.5 Å². The summed E-state index contributed by atoms with van der Waals surface area (Å²) in [6.45, 7) is 2.07. The van der Waals surface area contributed by atoms with E-state index in [2.05, 4.69) is 20.5 Å². The lowest BCUT2D eigenvalue weighted by atomic mass is 10.2. The average Bonchev–Trinajstić information content (AvgIpc) is 3.15. The first-order valence-corrected chi connectivity index (χ1v) is 8.61. The van der Waals surface area contributed by atoms with Crippen LogP contribution in [-0.2, 0) is 6.54 Å². The number of anilines is 1. The molecule has 1 fully saturated rings. The van der Waals surface area contributed by atoms with Gasteiger partial charge < -0.3 is 25.0 Å². The van der Waals surface area contributed by atoms with E-state index in [1.54, 1.807) is 20.4 Å². The Morgan fingerprint density at radius 2 is 2.08 bits per heavy atom. The third-order valence-corrected chi connectivity index (χ3v) is 4.40. The van der Waals surface area contributed by atoms with Gasteiger partial charge in [-0.1, -0.05) is 12.1 Å². The molecule has 1 aliphatic heterocycles. The van der Waals surface area contributed by atoms with Crippen molar-refractivity contribution in [2.24, 2.45) is 0 Å². The van der Waals surface area contributed by atoms with Crippen molar-refractivity contribution in [2.45, 2.75) is 19.0 Å². The van der Waals surface area contributed by atoms with Crippen LogP contribution in [0.3, 0.4) is 0 Å². The summed E-state index contributed by atoms with van der Waals surface area (Å²) < 4.78 is 10.5. The Morgan fingerprint density at radius 1 is 1.23 bits per heavy atom. The molecule has 0 aliphatic carbocycles. The zero-order valence-corrected chi connectivity index (χ0v) is 15.1. The fourth-order valence-corrected chi connectivity index (χ4v) is 3.04. The van der Waals surface area contributed by atoms with Crippen molar-refractivity contribution in [3.05, 3.63) is 48.2 Å². The van der Waals surface area contributed by atoms with Crippen molar-refractivity contribution in [1.82, 2.24) is 15.6 Å². The highest BCUT2D eigenvalue weighted by Crippen LogP contribution is 2.27. The van der Waals surface area contributed by atoms with Crippen LogP contribution < -0.4 is 25.0 Å². The fourth-order valence-electron chi connectivity index (χ4n) is 3.04. The van der Waals surface area contributed by atoms with Crippen molar-refractivity contribution in [3.8, 4) is 11.5 Å². The second-order valence-corrected chi connectivity index (χ2v) is 6.14. The molecule has 2 amide bonds. The zero-order chi connectivity index (χ0) is 18.4. The van der Waals surface area contributed by atoms with Crippen molar-refractivity contribution < 1.29 is 14.3 Å². The number of carbonyl (C=O) groups is 1. The highest BCUT2D eigenvalue weighted by atomic mass is 16.5. The molecule has 7 heteroatoms. The lowest BCUT2D eigenvalue weighted by molar-refractivity contribution is 0.237. The number of pyridine rings is 1. The fraction of sp³-hybridized carbons (Fsp3) is 0.368. The summed E-state index contributed by atoms with van der Waals surface area (Å²) in [5, 5.41) is 5.91. The maximum absolute atomic E-state index is 12.2. The molecule has 0 spiro atoms. The molecule has 3 rings (SSSR count). The Labute approximate surface area is 153 Å². The largest absolute Gasteiger partial charge is 0.493 e. The monoisotopic (exact) mass is 356 g/mol. The van der Waals surface area contributed by atoms with E-state index in [4.69, 9.17) is 9.47 Å². The highest BCUT2D eigenvalue weighted by Gasteiger charge is 2.24. The number of benzene rings is 1. The third-order valence-electron chi connectivity index (χ3n) is 4.40. The lowest BCUT2D eigenvalue weighted by Gasteiger charge is -2.18. The number of urea groups is 1. The smallest absolute Gasteiger partial charge is 0.315 e. The van der Waals surface area contributed by atoms with Gasteiger partial charge in [-0.2, -0.15) is 0 Å². The van der Waals surface area contributed by atoms with Gasteiger partial charge >= 0.3 is 6.03 Å². The Bertz CT molecular complexity index is 739. The third kappa shape index (κ3) is 4.36. The summed E-state index contributed by atoms with van der Waals surface area (Å²) in [6.07, 6.45) is 2.69. The summed E-state index contributed by atoms with van der Waals surface area (Å²) >= 11 is 0. The molecule has 1 atom stereocenters. The predicted molar refractivity (Wildman–Crippen MR) is 99.8 cm³/mol. The van der Waals surface area contributed by atoms with E-state index in [1.807, 2.05) is 36.4 Å². The minimum absolute atomic E-state index is 0.113. The molecule has 138 valence electrons. The van der Waals surface area contributed by atoms with Gasteiger partial charge in [0.1, 0.15) is 5.82 Å². The molecule has 2 heterocycles. The van der Waals surface area contributed by atoms with Gasteiger partial charge in [0.2, 0.25) is 0 Å². The van der Waals surface area contributed by atoms with E-state index in [9.17, 15) is 4.79 Å². The molecule has 26 heavy (non-hydrogen) atoms. The predicted octanol–water partition coefficient (Wildman–Crippen LogP) is 2.18. The van der Waals surface area contributed by atoms with Crippen LogP contribution >= 0.6 is 0 Å². The number of aromatic nitrogens is 1. The van der Waals surface area contributed by atoms with E-state index in [-0.39, 0.29) is 12.1 Å². The van der Waals surface area contributed by atoms with Gasteiger partial charge in [-0.25, -0.2) is 9.78 Å². The molecule has 1 saturated heterocycles. The number of amides is 2. The molecule has 0 radical (unpaired) electrons. The van der Waals surface area contributed by atoms with Gasteiger partial charge in [-0.3, -0.25) is 0 Å². The lowest BCUT2D eigenvalue weighted by Crippen LogP contribution is -2.43. The summed E-state index contributed by atoms with van der Waals surface area (Å²) in [4.78, 5) is 18.7. The quantitative estimate of drug-likeness (QED) is 0.830. The molecule has 0 unspecified atom stereocenters. The van der Waals surface area contributed by atoms with Gasteiger partial charge in [0.15, 0.2) is 11.5 Å². The molecule has 1 aromatic carbocycles. The molecule has 7 nitrogen and oxygen atoms in total. The zero-order valence-electron chi connectivity index (χ0n) is 15.1. The van der Waals surface area contributed by atoms with Crippen LogP contribution in [0.1, 0.15) is 12.0 Å². The molecular weight excluding hydrogens is 332 g/mol.